The predicted molar refractivity (Wildman–Crippen MR) is 115 cm³/mol. The molecule has 0 aliphatic heterocycles. The van der Waals surface area contributed by atoms with E-state index >= 15 is 0 Å². The molecule has 0 N–H and O–H groups in total. The zero-order valence-corrected chi connectivity index (χ0v) is 17.7. The highest BCUT2D eigenvalue weighted by molar-refractivity contribution is 5.86. The second-order valence-corrected chi connectivity index (χ2v) is 9.75. The first-order chi connectivity index (χ1) is 13.0. The Balaban J connectivity index is 2.54. The second kappa shape index (κ2) is 6.35. The van der Waals surface area contributed by atoms with Gasteiger partial charge in [-0.2, -0.15) is 10.5 Å². The van der Waals surface area contributed by atoms with Crippen molar-refractivity contribution in [2.24, 2.45) is 21.7 Å². The average molecular weight is 369 g/mol. The van der Waals surface area contributed by atoms with Crippen molar-refractivity contribution in [2.75, 3.05) is 0 Å². The molecule has 1 atom stereocenters. The van der Waals surface area contributed by atoms with Crippen molar-refractivity contribution in [3.8, 4) is 12.1 Å². The fourth-order valence-electron chi connectivity index (χ4n) is 4.84. The monoisotopic (exact) mass is 368 g/mol. The largest absolute Gasteiger partial charge is 0.196 e. The first-order valence-electron chi connectivity index (χ1n) is 9.76. The molecule has 0 radical (unpaired) electrons. The molecule has 142 valence electrons. The van der Waals surface area contributed by atoms with Crippen molar-refractivity contribution < 1.29 is 0 Å². The van der Waals surface area contributed by atoms with E-state index in [0.717, 1.165) is 16.7 Å². The number of nitrogens with zero attached hydrogens (tertiary/aromatic N) is 2. The highest BCUT2D eigenvalue weighted by atomic mass is 14.7. The molecule has 0 fully saturated rings. The highest BCUT2D eigenvalue weighted by Crippen LogP contribution is 2.68. The molecule has 2 aliphatic rings. The van der Waals surface area contributed by atoms with Crippen LogP contribution in [-0.2, 0) is 0 Å². The number of allylic oxidation sites excluding steroid dienone is 8. The zero-order valence-electron chi connectivity index (χ0n) is 17.7. The number of benzene rings is 1. The van der Waals surface area contributed by atoms with Crippen LogP contribution in [0, 0.1) is 44.3 Å². The summed E-state index contributed by atoms with van der Waals surface area (Å²) in [6.45, 7) is 13.0. The molecule has 3 rings (SSSR count). The Bertz CT molecular complexity index is 976. The van der Waals surface area contributed by atoms with Gasteiger partial charge in [-0.1, -0.05) is 102 Å². The van der Waals surface area contributed by atoms with Gasteiger partial charge < -0.3 is 0 Å². The molecule has 1 unspecified atom stereocenters. The van der Waals surface area contributed by atoms with Crippen molar-refractivity contribution >= 4 is 5.57 Å². The van der Waals surface area contributed by atoms with Gasteiger partial charge in [0, 0.05) is 0 Å². The number of fused-ring (bicyclic) bond motifs is 1. The maximum atomic E-state index is 10.5. The van der Waals surface area contributed by atoms with Crippen molar-refractivity contribution in [1.82, 2.24) is 0 Å². The SMILES string of the molecule is CC(C)(C)C1=C2C=C(c3ccccc3)C(C#N)(C#N)C2(C(C)(C)C)C=CC=C1. The van der Waals surface area contributed by atoms with Crippen molar-refractivity contribution in [2.45, 2.75) is 41.5 Å². The number of hydrogen-bond donors (Lipinski definition) is 0. The van der Waals surface area contributed by atoms with E-state index in [0.29, 0.717) is 0 Å². The van der Waals surface area contributed by atoms with Crippen LogP contribution in [0.25, 0.3) is 5.57 Å². The Morgan fingerprint density at radius 3 is 1.96 bits per heavy atom. The van der Waals surface area contributed by atoms with Crippen molar-refractivity contribution in [3.63, 3.8) is 0 Å². The van der Waals surface area contributed by atoms with Gasteiger partial charge in [0.25, 0.3) is 0 Å². The summed E-state index contributed by atoms with van der Waals surface area (Å²) in [5.74, 6) is 0. The van der Waals surface area contributed by atoms with E-state index < -0.39 is 10.8 Å². The number of rotatable bonds is 1. The molecule has 0 bridgehead atoms. The summed E-state index contributed by atoms with van der Waals surface area (Å²) in [6.07, 6.45) is 10.4. The topological polar surface area (TPSA) is 47.6 Å². The van der Waals surface area contributed by atoms with Gasteiger partial charge in [-0.25, -0.2) is 0 Å². The van der Waals surface area contributed by atoms with E-state index in [-0.39, 0.29) is 10.8 Å². The van der Waals surface area contributed by atoms with Gasteiger partial charge in [-0.15, -0.1) is 0 Å². The Labute approximate surface area is 169 Å². The van der Waals surface area contributed by atoms with Crippen LogP contribution in [0.2, 0.25) is 0 Å². The summed E-state index contributed by atoms with van der Waals surface area (Å²) in [5.41, 5.74) is 1.47. The van der Waals surface area contributed by atoms with E-state index in [4.69, 9.17) is 0 Å². The van der Waals surface area contributed by atoms with E-state index in [1.807, 2.05) is 42.5 Å². The van der Waals surface area contributed by atoms with E-state index in [2.05, 4.69) is 71.9 Å². The Kier molecular flexibility index (Phi) is 4.52. The van der Waals surface area contributed by atoms with E-state index in [1.54, 1.807) is 0 Å². The van der Waals surface area contributed by atoms with E-state index in [9.17, 15) is 10.5 Å². The summed E-state index contributed by atoms with van der Waals surface area (Å²) in [4.78, 5) is 0. The molecule has 28 heavy (non-hydrogen) atoms. The van der Waals surface area contributed by atoms with E-state index in [1.165, 1.54) is 5.57 Å². The molecule has 1 aromatic carbocycles. The minimum atomic E-state index is -1.30. The summed E-state index contributed by atoms with van der Waals surface area (Å²) in [5, 5.41) is 21.0. The lowest BCUT2D eigenvalue weighted by Gasteiger charge is -2.48. The van der Waals surface area contributed by atoms with Crippen LogP contribution in [0.3, 0.4) is 0 Å². The molecule has 0 spiro atoms. The van der Waals surface area contributed by atoms with Crippen molar-refractivity contribution in [3.05, 3.63) is 77.4 Å². The standard InChI is InChI=1S/C26H28N2/c1-23(2,3)20-14-10-11-15-26(24(4,5)6)22(20)16-21(25(26,17-27)18-28)19-12-8-7-9-13-19/h7-16H,1-6H3. The third-order valence-corrected chi connectivity index (χ3v) is 6.13. The fourth-order valence-corrected chi connectivity index (χ4v) is 4.84. The first kappa shape index (κ1) is 19.9. The van der Waals surface area contributed by atoms with Crippen LogP contribution < -0.4 is 0 Å². The lowest BCUT2D eigenvalue weighted by Crippen LogP contribution is -2.47. The summed E-state index contributed by atoms with van der Waals surface area (Å²) < 4.78 is 0. The van der Waals surface area contributed by atoms with Crippen LogP contribution in [-0.4, -0.2) is 0 Å². The maximum absolute atomic E-state index is 10.5. The fraction of sp³-hybridized carbons (Fsp3) is 0.385. The Morgan fingerprint density at radius 2 is 1.46 bits per heavy atom. The van der Waals surface area contributed by atoms with Gasteiger partial charge in [-0.05, 0) is 33.1 Å². The molecular formula is C26H28N2. The molecule has 2 heteroatoms. The molecule has 0 aromatic heterocycles. The molecule has 2 nitrogen and oxygen atoms in total. The Morgan fingerprint density at radius 1 is 0.857 bits per heavy atom. The summed E-state index contributed by atoms with van der Waals surface area (Å²) in [7, 11) is 0. The number of nitriles is 2. The van der Waals surface area contributed by atoms with Crippen LogP contribution in [0.1, 0.15) is 47.1 Å². The van der Waals surface area contributed by atoms with Crippen LogP contribution in [0.4, 0.5) is 0 Å². The minimum Gasteiger partial charge on any atom is -0.196 e. The molecule has 0 saturated carbocycles. The molecular weight excluding hydrogens is 340 g/mol. The Hall–Kier alpha value is -2.84. The van der Waals surface area contributed by atoms with Gasteiger partial charge in [0.05, 0.1) is 17.6 Å². The lowest BCUT2D eigenvalue weighted by atomic mass is 9.50. The highest BCUT2D eigenvalue weighted by Gasteiger charge is 2.65. The molecule has 0 amide bonds. The van der Waals surface area contributed by atoms with Gasteiger partial charge in [0.15, 0.2) is 5.41 Å². The summed E-state index contributed by atoms with van der Waals surface area (Å²) >= 11 is 0. The molecule has 2 aliphatic carbocycles. The van der Waals surface area contributed by atoms with Gasteiger partial charge in [-0.3, -0.25) is 0 Å². The zero-order chi connectivity index (χ0) is 20.8. The molecule has 0 heterocycles. The number of hydrogen-bond acceptors (Lipinski definition) is 2. The van der Waals surface area contributed by atoms with Gasteiger partial charge in [0.2, 0.25) is 0 Å². The average Bonchev–Trinajstić information content (AvgIpc) is 2.77. The first-order valence-corrected chi connectivity index (χ1v) is 9.76. The van der Waals surface area contributed by atoms with Crippen LogP contribution in [0.15, 0.2) is 71.9 Å². The third-order valence-electron chi connectivity index (χ3n) is 6.13. The van der Waals surface area contributed by atoms with Crippen LogP contribution in [0.5, 0.6) is 0 Å². The summed E-state index contributed by atoms with van der Waals surface area (Å²) in [6, 6.07) is 14.8. The maximum Gasteiger partial charge on any atom is 0.182 e. The molecule has 1 aromatic rings. The van der Waals surface area contributed by atoms with Crippen molar-refractivity contribution in [1.29, 1.82) is 10.5 Å². The molecule has 0 saturated heterocycles. The van der Waals surface area contributed by atoms with Gasteiger partial charge in [0.1, 0.15) is 0 Å². The van der Waals surface area contributed by atoms with Gasteiger partial charge >= 0.3 is 0 Å². The quantitative estimate of drug-likeness (QED) is 0.559. The lowest BCUT2D eigenvalue weighted by molar-refractivity contribution is 0.139. The van der Waals surface area contributed by atoms with Crippen LogP contribution >= 0.6 is 0 Å². The smallest absolute Gasteiger partial charge is 0.182 e. The predicted octanol–water partition coefficient (Wildman–Crippen LogP) is 6.62. The normalized spacial score (nSPS) is 23.5. The third kappa shape index (κ3) is 2.52. The minimum absolute atomic E-state index is 0.117. The second-order valence-electron chi connectivity index (χ2n) is 9.75.